The first-order valence-electron chi connectivity index (χ1n) is 9.84. The van der Waals surface area contributed by atoms with E-state index in [1.807, 2.05) is 13.8 Å². The molecule has 1 unspecified atom stereocenters. The zero-order valence-corrected chi connectivity index (χ0v) is 18.0. The number of hydrogen-bond acceptors (Lipinski definition) is 9. The van der Waals surface area contributed by atoms with Gasteiger partial charge >= 0.3 is 5.97 Å². The Bertz CT molecular complexity index is 844. The molecular weight excluding hydrogens is 426 g/mol. The first-order valence-corrected chi connectivity index (χ1v) is 10.7. The van der Waals surface area contributed by atoms with Crippen molar-refractivity contribution in [3.63, 3.8) is 0 Å². The number of carbonyl (C=O) groups excluding carboxylic acids is 3. The van der Waals surface area contributed by atoms with Crippen LogP contribution in [0.25, 0.3) is 0 Å². The van der Waals surface area contributed by atoms with Crippen molar-refractivity contribution in [3.8, 4) is 5.75 Å². The van der Waals surface area contributed by atoms with Gasteiger partial charge in [0.05, 0.1) is 19.8 Å². The minimum Gasteiger partial charge on any atom is -0.508 e. The number of amides is 2. The highest BCUT2D eigenvalue weighted by atomic mass is 32.2. The van der Waals surface area contributed by atoms with Gasteiger partial charge in [-0.25, -0.2) is 4.79 Å². The number of nitrogens with two attached hydrogens (primary N) is 1. The van der Waals surface area contributed by atoms with Crippen LogP contribution in [0.5, 0.6) is 5.75 Å². The zero-order chi connectivity index (χ0) is 22.9. The van der Waals surface area contributed by atoms with Crippen LogP contribution in [-0.4, -0.2) is 80.0 Å². The fraction of sp³-hybridized carbons (Fsp3) is 0.550. The van der Waals surface area contributed by atoms with Crippen LogP contribution in [0.4, 0.5) is 0 Å². The molecule has 2 amide bonds. The van der Waals surface area contributed by atoms with Crippen molar-refractivity contribution in [3.05, 3.63) is 29.8 Å². The zero-order valence-electron chi connectivity index (χ0n) is 17.2. The van der Waals surface area contributed by atoms with E-state index in [0.29, 0.717) is 5.56 Å². The number of benzene rings is 1. The summed E-state index contributed by atoms with van der Waals surface area (Å²) < 4.78 is 4.57. The van der Waals surface area contributed by atoms with Crippen molar-refractivity contribution in [2.45, 2.75) is 42.1 Å². The number of hydrogen-bond donors (Lipinski definition) is 5. The number of β-lactam (4-membered cyclic amide) rings is 1. The second kappa shape index (κ2) is 9.03. The van der Waals surface area contributed by atoms with Crippen molar-refractivity contribution in [2.75, 3.05) is 19.8 Å². The molecule has 2 heterocycles. The third-order valence-corrected chi connectivity index (χ3v) is 7.05. The summed E-state index contributed by atoms with van der Waals surface area (Å²) in [5.41, 5.74) is 6.47. The van der Waals surface area contributed by atoms with Gasteiger partial charge in [-0.3, -0.25) is 9.59 Å². The van der Waals surface area contributed by atoms with Gasteiger partial charge in [0, 0.05) is 10.7 Å². The molecule has 11 heteroatoms. The lowest BCUT2D eigenvalue weighted by Crippen LogP contribution is -2.71. The van der Waals surface area contributed by atoms with Crippen LogP contribution in [0, 0.1) is 5.92 Å². The van der Waals surface area contributed by atoms with E-state index in [0.717, 1.165) is 0 Å². The number of carbonyl (C=O) groups is 3. The van der Waals surface area contributed by atoms with Crippen molar-refractivity contribution < 1.29 is 34.4 Å². The summed E-state index contributed by atoms with van der Waals surface area (Å²) >= 11 is 1.38. The lowest BCUT2D eigenvalue weighted by Gasteiger charge is -2.44. The number of thioether (sulfide) groups is 1. The molecule has 2 fully saturated rings. The summed E-state index contributed by atoms with van der Waals surface area (Å²) in [5.74, 6) is -2.10. The SMILES string of the molecule is CC1(C)S[C@@H]2[C@H](NC(=O)C(N)c3ccc(O)cc3)C(=O)N2[C@H]1C(=O)OCC(CO)CO. The molecule has 0 radical (unpaired) electrons. The standard InChI is InChI=1S/C20H27N3O7S/c1-20(2)15(19(29)30-9-10(7-24)8-25)23-17(28)14(18(23)31-20)22-16(27)13(21)11-3-5-12(26)6-4-11/h3-6,10,13-15,18,24-26H,7-9,21H2,1-2H3,(H,22,27)/t13?,14-,15+,18-/m1/s1. The summed E-state index contributed by atoms with van der Waals surface area (Å²) in [7, 11) is 0. The molecule has 6 N–H and O–H groups in total. The van der Waals surface area contributed by atoms with Crippen molar-refractivity contribution >= 4 is 29.5 Å². The molecule has 0 bridgehead atoms. The summed E-state index contributed by atoms with van der Waals surface area (Å²) in [6.07, 6.45) is 0. The number of nitrogens with zero attached hydrogens (tertiary/aromatic N) is 1. The molecule has 0 aliphatic carbocycles. The number of phenols is 1. The van der Waals surface area contributed by atoms with Crippen LogP contribution in [-0.2, 0) is 19.1 Å². The molecule has 0 spiro atoms. The van der Waals surface area contributed by atoms with Gasteiger partial charge in [0.25, 0.3) is 0 Å². The van der Waals surface area contributed by atoms with Gasteiger partial charge < -0.3 is 36.0 Å². The van der Waals surface area contributed by atoms with E-state index in [1.54, 1.807) is 0 Å². The number of nitrogens with one attached hydrogen (secondary N) is 1. The quantitative estimate of drug-likeness (QED) is 0.248. The number of fused-ring (bicyclic) bond motifs is 1. The number of phenolic OH excluding ortho intramolecular Hbond substituents is 1. The van der Waals surface area contributed by atoms with Gasteiger partial charge in [0.1, 0.15) is 29.2 Å². The van der Waals surface area contributed by atoms with Crippen molar-refractivity contribution in [1.82, 2.24) is 10.2 Å². The Morgan fingerprint density at radius 1 is 1.26 bits per heavy atom. The molecule has 1 aromatic carbocycles. The van der Waals surface area contributed by atoms with Crippen LogP contribution in [0.2, 0.25) is 0 Å². The first kappa shape index (κ1) is 23.3. The van der Waals surface area contributed by atoms with E-state index in [9.17, 15) is 19.5 Å². The first-order chi connectivity index (χ1) is 14.6. The van der Waals surface area contributed by atoms with Crippen LogP contribution < -0.4 is 11.1 Å². The number of aromatic hydroxyl groups is 1. The van der Waals surface area contributed by atoms with Crippen molar-refractivity contribution in [1.29, 1.82) is 0 Å². The molecule has 2 aliphatic heterocycles. The highest BCUT2D eigenvalue weighted by molar-refractivity contribution is 8.01. The Balaban J connectivity index is 1.65. The fourth-order valence-electron chi connectivity index (χ4n) is 3.64. The topological polar surface area (TPSA) is 162 Å². The van der Waals surface area contributed by atoms with E-state index >= 15 is 0 Å². The third kappa shape index (κ3) is 4.49. The fourth-order valence-corrected chi connectivity index (χ4v) is 5.27. The molecule has 0 aromatic heterocycles. The number of aliphatic hydroxyl groups is 2. The Morgan fingerprint density at radius 2 is 1.87 bits per heavy atom. The van der Waals surface area contributed by atoms with E-state index in [2.05, 4.69) is 5.32 Å². The minimum absolute atomic E-state index is 0.0491. The predicted molar refractivity (Wildman–Crippen MR) is 112 cm³/mol. The maximum absolute atomic E-state index is 12.8. The van der Waals surface area contributed by atoms with Gasteiger partial charge in [-0.15, -0.1) is 11.8 Å². The van der Waals surface area contributed by atoms with Gasteiger partial charge in [0.2, 0.25) is 11.8 Å². The molecule has 170 valence electrons. The number of esters is 1. The van der Waals surface area contributed by atoms with Crippen LogP contribution in [0.1, 0.15) is 25.5 Å². The summed E-state index contributed by atoms with van der Waals surface area (Å²) in [4.78, 5) is 39.4. The molecule has 10 nitrogen and oxygen atoms in total. The second-order valence-electron chi connectivity index (χ2n) is 8.18. The molecule has 1 aromatic rings. The molecule has 4 atom stereocenters. The summed E-state index contributed by atoms with van der Waals surface area (Å²) in [5, 5.41) is 29.8. The second-order valence-corrected chi connectivity index (χ2v) is 9.95. The smallest absolute Gasteiger partial charge is 0.330 e. The van der Waals surface area contributed by atoms with Crippen molar-refractivity contribution in [2.24, 2.45) is 11.7 Å². The van der Waals surface area contributed by atoms with Gasteiger partial charge in [-0.1, -0.05) is 12.1 Å². The lowest BCUT2D eigenvalue weighted by atomic mass is 9.95. The molecular formula is C20H27N3O7S. The van der Waals surface area contributed by atoms with Gasteiger partial charge in [-0.05, 0) is 31.5 Å². The molecule has 31 heavy (non-hydrogen) atoms. The third-order valence-electron chi connectivity index (χ3n) is 5.47. The minimum atomic E-state index is -1.02. The average molecular weight is 454 g/mol. The Labute approximate surface area is 183 Å². The monoisotopic (exact) mass is 453 g/mol. The number of ether oxygens (including phenoxy) is 1. The number of rotatable bonds is 8. The highest BCUT2D eigenvalue weighted by Gasteiger charge is 2.64. The van der Waals surface area contributed by atoms with Gasteiger partial charge in [0.15, 0.2) is 0 Å². The molecule has 2 aliphatic rings. The van der Waals surface area contributed by atoms with Crippen LogP contribution in [0.3, 0.4) is 0 Å². The Kier molecular flexibility index (Phi) is 6.79. The van der Waals surface area contributed by atoms with Gasteiger partial charge in [-0.2, -0.15) is 0 Å². The van der Waals surface area contributed by atoms with E-state index < -0.39 is 51.9 Å². The largest absolute Gasteiger partial charge is 0.508 e. The summed E-state index contributed by atoms with van der Waals surface area (Å²) in [6.45, 7) is 2.82. The van der Waals surface area contributed by atoms with E-state index in [4.69, 9.17) is 20.7 Å². The van der Waals surface area contributed by atoms with E-state index in [-0.39, 0.29) is 25.6 Å². The normalized spacial score (nSPS) is 25.0. The highest BCUT2D eigenvalue weighted by Crippen LogP contribution is 2.51. The number of aliphatic hydroxyl groups excluding tert-OH is 2. The maximum Gasteiger partial charge on any atom is 0.330 e. The van der Waals surface area contributed by atoms with E-state index in [1.165, 1.54) is 40.9 Å². The summed E-state index contributed by atoms with van der Waals surface area (Å²) in [6, 6.07) is 3.20. The average Bonchev–Trinajstić information content (AvgIpc) is 3.00. The Morgan fingerprint density at radius 3 is 2.45 bits per heavy atom. The molecule has 0 saturated carbocycles. The van der Waals surface area contributed by atoms with Crippen LogP contribution >= 0.6 is 11.8 Å². The lowest BCUT2D eigenvalue weighted by molar-refractivity contribution is -0.165. The Hall–Kier alpha value is -2.34. The van der Waals surface area contributed by atoms with Crippen LogP contribution in [0.15, 0.2) is 24.3 Å². The predicted octanol–water partition coefficient (Wildman–Crippen LogP) is -0.917. The maximum atomic E-state index is 12.8. The molecule has 3 rings (SSSR count). The molecule has 2 saturated heterocycles.